The van der Waals surface area contributed by atoms with E-state index in [0.29, 0.717) is 28.2 Å². The van der Waals surface area contributed by atoms with E-state index in [0.717, 1.165) is 0 Å². The van der Waals surface area contributed by atoms with Crippen LogP contribution in [-0.4, -0.2) is 48.3 Å². The van der Waals surface area contributed by atoms with Crippen LogP contribution >= 0.6 is 34.8 Å². The second-order valence-electron chi connectivity index (χ2n) is 4.94. The molecule has 0 aliphatic carbocycles. The van der Waals surface area contributed by atoms with Crippen molar-refractivity contribution in [2.24, 2.45) is 0 Å². The molecule has 1 heterocycles. The van der Waals surface area contributed by atoms with E-state index >= 15 is 0 Å². The Morgan fingerprint density at radius 1 is 1.16 bits per heavy atom. The van der Waals surface area contributed by atoms with E-state index in [4.69, 9.17) is 39.5 Å². The molecule has 2 rings (SSSR count). The molecule has 0 unspecified atom stereocenters. The SMILES string of the molecule is CN(C)c1nc(Cl)nc(NCCOC(=O)Nc2ccc(Cl)c(Cl)c2)n1. The predicted octanol–water partition coefficient (Wildman–Crippen LogP) is 3.56. The molecule has 0 fully saturated rings. The van der Waals surface area contributed by atoms with Gasteiger partial charge in [0.1, 0.15) is 6.61 Å². The summed E-state index contributed by atoms with van der Waals surface area (Å²) < 4.78 is 5.04. The summed E-state index contributed by atoms with van der Waals surface area (Å²) in [6, 6.07) is 4.72. The third kappa shape index (κ3) is 6.08. The lowest BCUT2D eigenvalue weighted by Gasteiger charge is -2.12. The normalized spacial score (nSPS) is 10.3. The lowest BCUT2D eigenvalue weighted by atomic mass is 10.3. The maximum atomic E-state index is 11.7. The number of benzene rings is 1. The fourth-order valence-corrected chi connectivity index (χ4v) is 2.11. The quantitative estimate of drug-likeness (QED) is 0.710. The third-order valence-electron chi connectivity index (χ3n) is 2.78. The summed E-state index contributed by atoms with van der Waals surface area (Å²) in [6.07, 6.45) is -0.622. The van der Waals surface area contributed by atoms with Crippen molar-refractivity contribution in [1.29, 1.82) is 0 Å². The van der Waals surface area contributed by atoms with Crippen LogP contribution in [0.3, 0.4) is 0 Å². The number of hydrogen-bond acceptors (Lipinski definition) is 7. The minimum absolute atomic E-state index is 0.0690. The fraction of sp³-hybridized carbons (Fsp3) is 0.286. The molecule has 2 N–H and O–H groups in total. The number of carbonyl (C=O) groups excluding carboxylic acids is 1. The number of carbonyl (C=O) groups is 1. The van der Waals surface area contributed by atoms with Crippen LogP contribution in [0.25, 0.3) is 0 Å². The average Bonchev–Trinajstić information content (AvgIpc) is 2.54. The zero-order valence-electron chi connectivity index (χ0n) is 13.4. The number of hydrogen-bond donors (Lipinski definition) is 2. The first-order valence-corrected chi connectivity index (χ1v) is 8.20. The Kier molecular flexibility index (Phi) is 6.86. The van der Waals surface area contributed by atoms with Crippen molar-refractivity contribution in [2.75, 3.05) is 42.8 Å². The summed E-state index contributed by atoms with van der Waals surface area (Å²) in [6.45, 7) is 0.385. The van der Waals surface area contributed by atoms with Gasteiger partial charge in [0.25, 0.3) is 0 Å². The van der Waals surface area contributed by atoms with Gasteiger partial charge in [-0.25, -0.2) is 4.79 Å². The van der Waals surface area contributed by atoms with Crippen LogP contribution in [0.2, 0.25) is 15.3 Å². The molecule has 25 heavy (non-hydrogen) atoms. The van der Waals surface area contributed by atoms with Gasteiger partial charge in [-0.2, -0.15) is 15.0 Å². The number of amides is 1. The number of anilines is 3. The maximum Gasteiger partial charge on any atom is 0.411 e. The Balaban J connectivity index is 1.79. The van der Waals surface area contributed by atoms with Crippen molar-refractivity contribution < 1.29 is 9.53 Å². The fourth-order valence-electron chi connectivity index (χ4n) is 1.65. The molecule has 1 aromatic carbocycles. The first-order chi connectivity index (χ1) is 11.8. The summed E-state index contributed by atoms with van der Waals surface area (Å²) in [5, 5.41) is 6.25. The number of ether oxygens (including phenoxy) is 1. The average molecular weight is 406 g/mol. The van der Waals surface area contributed by atoms with Gasteiger partial charge in [0.2, 0.25) is 17.2 Å². The Morgan fingerprint density at radius 3 is 2.60 bits per heavy atom. The highest BCUT2D eigenvalue weighted by Crippen LogP contribution is 2.25. The molecule has 1 aromatic heterocycles. The van der Waals surface area contributed by atoms with Crippen molar-refractivity contribution >= 4 is 58.5 Å². The molecule has 0 bridgehead atoms. The number of rotatable bonds is 6. The van der Waals surface area contributed by atoms with Gasteiger partial charge in [0.15, 0.2) is 0 Å². The summed E-state index contributed by atoms with van der Waals surface area (Å²) in [5.41, 5.74) is 0.479. The minimum atomic E-state index is -0.622. The predicted molar refractivity (Wildman–Crippen MR) is 99.1 cm³/mol. The van der Waals surface area contributed by atoms with Crippen LogP contribution in [0.5, 0.6) is 0 Å². The van der Waals surface area contributed by atoms with E-state index in [1.165, 1.54) is 6.07 Å². The number of aromatic nitrogens is 3. The largest absolute Gasteiger partial charge is 0.447 e. The van der Waals surface area contributed by atoms with Gasteiger partial charge in [-0.1, -0.05) is 23.2 Å². The summed E-state index contributed by atoms with van der Waals surface area (Å²) >= 11 is 17.5. The summed E-state index contributed by atoms with van der Waals surface area (Å²) in [5.74, 6) is 0.706. The zero-order chi connectivity index (χ0) is 18.4. The van der Waals surface area contributed by atoms with Gasteiger partial charge in [0, 0.05) is 19.8 Å². The van der Waals surface area contributed by atoms with Crippen molar-refractivity contribution in [3.05, 3.63) is 33.5 Å². The van der Waals surface area contributed by atoms with Crippen molar-refractivity contribution in [3.63, 3.8) is 0 Å². The molecule has 8 nitrogen and oxygen atoms in total. The van der Waals surface area contributed by atoms with Gasteiger partial charge >= 0.3 is 6.09 Å². The molecule has 0 aliphatic heterocycles. The Hall–Kier alpha value is -2.03. The van der Waals surface area contributed by atoms with Gasteiger partial charge in [-0.15, -0.1) is 0 Å². The lowest BCUT2D eigenvalue weighted by molar-refractivity contribution is 0.166. The number of halogens is 3. The zero-order valence-corrected chi connectivity index (χ0v) is 15.7. The van der Waals surface area contributed by atoms with Crippen LogP contribution in [0.1, 0.15) is 0 Å². The minimum Gasteiger partial charge on any atom is -0.447 e. The van der Waals surface area contributed by atoms with Crippen LogP contribution in [0.4, 0.5) is 22.4 Å². The maximum absolute atomic E-state index is 11.7. The molecule has 0 aliphatic rings. The first kappa shape index (κ1) is 19.3. The summed E-state index contributed by atoms with van der Waals surface area (Å²) in [4.78, 5) is 25.5. The summed E-state index contributed by atoms with van der Waals surface area (Å²) in [7, 11) is 3.57. The lowest BCUT2D eigenvalue weighted by Crippen LogP contribution is -2.20. The van der Waals surface area contributed by atoms with Crippen molar-refractivity contribution in [3.8, 4) is 0 Å². The van der Waals surface area contributed by atoms with Crippen molar-refractivity contribution in [2.45, 2.75) is 0 Å². The van der Waals surface area contributed by atoms with E-state index in [-0.39, 0.29) is 17.8 Å². The molecule has 0 saturated carbocycles. The van der Waals surface area contributed by atoms with E-state index in [9.17, 15) is 4.79 Å². The van der Waals surface area contributed by atoms with E-state index in [1.54, 1.807) is 31.1 Å². The van der Waals surface area contributed by atoms with Crippen LogP contribution in [0, 0.1) is 0 Å². The molecule has 2 aromatic rings. The van der Waals surface area contributed by atoms with Gasteiger partial charge < -0.3 is 15.0 Å². The van der Waals surface area contributed by atoms with Crippen LogP contribution < -0.4 is 15.5 Å². The molecule has 1 amide bonds. The number of nitrogens with one attached hydrogen (secondary N) is 2. The Labute approximate surface area is 159 Å². The van der Waals surface area contributed by atoms with Crippen molar-refractivity contribution in [1.82, 2.24) is 15.0 Å². The second-order valence-corrected chi connectivity index (χ2v) is 6.09. The topological polar surface area (TPSA) is 92.3 Å². The van der Waals surface area contributed by atoms with Crippen LogP contribution in [-0.2, 0) is 4.74 Å². The molecular formula is C14H15Cl3N6O2. The highest BCUT2D eigenvalue weighted by molar-refractivity contribution is 6.42. The van der Waals surface area contributed by atoms with Gasteiger partial charge in [0.05, 0.1) is 16.6 Å². The van der Waals surface area contributed by atoms with E-state index in [1.807, 2.05) is 0 Å². The standard InChI is InChI=1S/C14H15Cl3N6O2/c1-23(2)13-21-11(17)20-12(22-13)18-5-6-25-14(24)19-8-3-4-9(15)10(16)7-8/h3-4,7H,5-6H2,1-2H3,(H,19,24)(H,18,20,21,22). The molecule has 0 radical (unpaired) electrons. The van der Waals surface area contributed by atoms with Crippen LogP contribution in [0.15, 0.2) is 18.2 Å². The Morgan fingerprint density at radius 2 is 1.92 bits per heavy atom. The second kappa shape index (κ2) is 8.89. The van der Waals surface area contributed by atoms with Gasteiger partial charge in [-0.3, -0.25) is 5.32 Å². The molecule has 0 atom stereocenters. The molecule has 134 valence electrons. The highest BCUT2D eigenvalue weighted by Gasteiger charge is 2.08. The van der Waals surface area contributed by atoms with E-state index in [2.05, 4.69) is 25.6 Å². The molecular weight excluding hydrogens is 391 g/mol. The first-order valence-electron chi connectivity index (χ1n) is 7.07. The highest BCUT2D eigenvalue weighted by atomic mass is 35.5. The molecule has 0 spiro atoms. The number of nitrogens with zero attached hydrogens (tertiary/aromatic N) is 4. The third-order valence-corrected chi connectivity index (χ3v) is 3.69. The molecule has 0 saturated heterocycles. The Bertz CT molecular complexity index is 759. The van der Waals surface area contributed by atoms with Gasteiger partial charge in [-0.05, 0) is 29.8 Å². The van der Waals surface area contributed by atoms with E-state index < -0.39 is 6.09 Å². The molecule has 11 heteroatoms. The monoisotopic (exact) mass is 404 g/mol. The smallest absolute Gasteiger partial charge is 0.411 e.